The van der Waals surface area contributed by atoms with Gasteiger partial charge < -0.3 is 19.0 Å². The molecule has 25 heavy (non-hydrogen) atoms. The molecule has 0 bridgehead atoms. The summed E-state index contributed by atoms with van der Waals surface area (Å²) in [5.41, 5.74) is -4.23. The highest BCUT2D eigenvalue weighted by atomic mass is 16.7. The van der Waals surface area contributed by atoms with E-state index in [-0.39, 0.29) is 38.3 Å². The number of nitrogens with zero attached hydrogens (tertiary/aromatic N) is 3. The minimum atomic E-state index is -2.16. The molecule has 1 atom stereocenters. The maximum absolute atomic E-state index is 12.5. The van der Waals surface area contributed by atoms with Crippen molar-refractivity contribution in [3.8, 4) is 18.2 Å². The summed E-state index contributed by atoms with van der Waals surface area (Å²) in [6.07, 6.45) is -1.75. The highest BCUT2D eigenvalue weighted by Crippen LogP contribution is 2.47. The van der Waals surface area contributed by atoms with E-state index >= 15 is 0 Å². The standard InChI is InChI=1S/C17H23N3O5/c1-5-24-14(25-6-2)9-17(12-20,15(22)23-4)16(10-18,11-19)8-7-13(3)21/h14H,5-9H2,1-4H3. The Kier molecular flexibility index (Phi) is 9.38. The van der Waals surface area contributed by atoms with Crippen molar-refractivity contribution in [2.24, 2.45) is 10.8 Å². The second-order valence-electron chi connectivity index (χ2n) is 5.38. The van der Waals surface area contributed by atoms with Crippen molar-refractivity contribution < 1.29 is 23.8 Å². The van der Waals surface area contributed by atoms with Crippen molar-refractivity contribution in [1.82, 2.24) is 0 Å². The second kappa shape index (κ2) is 10.4. The summed E-state index contributed by atoms with van der Waals surface area (Å²) in [7, 11) is 1.06. The Balaban J connectivity index is 6.22. The first-order valence-corrected chi connectivity index (χ1v) is 7.87. The molecule has 0 rings (SSSR count). The quantitative estimate of drug-likeness (QED) is 0.407. The summed E-state index contributed by atoms with van der Waals surface area (Å²) in [5.74, 6) is -1.30. The number of Topliss-reactive ketones (excluding diaryl/α,β-unsaturated/α-hetero) is 1. The van der Waals surface area contributed by atoms with Gasteiger partial charge in [0.15, 0.2) is 17.1 Å². The van der Waals surface area contributed by atoms with E-state index in [0.717, 1.165) is 7.11 Å². The van der Waals surface area contributed by atoms with Crippen LogP contribution in [0.2, 0.25) is 0 Å². The maximum Gasteiger partial charge on any atom is 0.329 e. The summed E-state index contributed by atoms with van der Waals surface area (Å²) in [4.78, 5) is 23.8. The van der Waals surface area contributed by atoms with E-state index in [1.54, 1.807) is 32.1 Å². The maximum atomic E-state index is 12.5. The highest BCUT2D eigenvalue weighted by molar-refractivity contribution is 5.83. The predicted molar refractivity (Wildman–Crippen MR) is 85.3 cm³/mol. The van der Waals surface area contributed by atoms with Gasteiger partial charge >= 0.3 is 5.97 Å². The van der Waals surface area contributed by atoms with Gasteiger partial charge in [-0.25, -0.2) is 0 Å². The third kappa shape index (κ3) is 5.00. The van der Waals surface area contributed by atoms with Crippen molar-refractivity contribution in [3.63, 3.8) is 0 Å². The Morgan fingerprint density at radius 3 is 1.88 bits per heavy atom. The third-order valence-corrected chi connectivity index (χ3v) is 3.87. The van der Waals surface area contributed by atoms with E-state index < -0.39 is 23.1 Å². The predicted octanol–water partition coefficient (Wildman–Crippen LogP) is 1.86. The molecule has 0 heterocycles. The number of ketones is 1. The van der Waals surface area contributed by atoms with Crippen molar-refractivity contribution >= 4 is 11.8 Å². The van der Waals surface area contributed by atoms with Crippen LogP contribution in [0.4, 0.5) is 0 Å². The van der Waals surface area contributed by atoms with Gasteiger partial charge in [-0.15, -0.1) is 0 Å². The van der Waals surface area contributed by atoms with Gasteiger partial charge in [-0.1, -0.05) is 0 Å². The molecule has 0 aliphatic heterocycles. The summed E-state index contributed by atoms with van der Waals surface area (Å²) in [6.45, 7) is 5.19. The highest BCUT2D eigenvalue weighted by Gasteiger charge is 2.61. The van der Waals surface area contributed by atoms with E-state index in [2.05, 4.69) is 0 Å². The zero-order valence-electron chi connectivity index (χ0n) is 15.0. The number of esters is 1. The van der Waals surface area contributed by atoms with E-state index in [1.807, 2.05) is 0 Å². The van der Waals surface area contributed by atoms with Gasteiger partial charge in [0, 0.05) is 26.1 Å². The van der Waals surface area contributed by atoms with Crippen molar-refractivity contribution in [2.45, 2.75) is 46.3 Å². The van der Waals surface area contributed by atoms with Crippen molar-refractivity contribution in [2.75, 3.05) is 20.3 Å². The number of hydrogen-bond donors (Lipinski definition) is 0. The molecule has 0 aromatic rings. The van der Waals surface area contributed by atoms with Crippen LogP contribution in [0, 0.1) is 44.8 Å². The van der Waals surface area contributed by atoms with Gasteiger partial charge in [0.2, 0.25) is 0 Å². The molecule has 0 saturated carbocycles. The Morgan fingerprint density at radius 1 is 1.04 bits per heavy atom. The minimum absolute atomic E-state index is 0.129. The first-order chi connectivity index (χ1) is 11.8. The molecular formula is C17H23N3O5. The molecule has 0 radical (unpaired) electrons. The molecule has 0 amide bonds. The number of methoxy groups -OCH3 is 1. The van der Waals surface area contributed by atoms with E-state index in [1.165, 1.54) is 6.92 Å². The average molecular weight is 349 g/mol. The third-order valence-electron chi connectivity index (χ3n) is 3.87. The molecule has 1 unspecified atom stereocenters. The molecule has 0 aromatic heterocycles. The Hall–Kier alpha value is -2.47. The number of rotatable bonds is 11. The smallest absolute Gasteiger partial charge is 0.329 e. The van der Waals surface area contributed by atoms with Crippen LogP contribution in [0.15, 0.2) is 0 Å². The number of carbonyl (C=O) groups is 2. The van der Waals surface area contributed by atoms with E-state index in [4.69, 9.17) is 14.2 Å². The molecule has 8 heteroatoms. The first-order valence-electron chi connectivity index (χ1n) is 7.87. The van der Waals surface area contributed by atoms with Crippen LogP contribution in [0.1, 0.15) is 40.0 Å². The fourth-order valence-electron chi connectivity index (χ4n) is 2.49. The van der Waals surface area contributed by atoms with Gasteiger partial charge in [0.25, 0.3) is 0 Å². The molecule has 0 spiro atoms. The number of hydrogen-bond acceptors (Lipinski definition) is 8. The minimum Gasteiger partial charge on any atom is -0.468 e. The lowest BCUT2D eigenvalue weighted by Gasteiger charge is -2.36. The first kappa shape index (κ1) is 22.5. The van der Waals surface area contributed by atoms with E-state index in [0.29, 0.717) is 0 Å². The molecule has 0 aliphatic rings. The molecular weight excluding hydrogens is 326 g/mol. The summed E-state index contributed by atoms with van der Waals surface area (Å²) in [6, 6.07) is 5.33. The zero-order valence-corrected chi connectivity index (χ0v) is 15.0. The summed E-state index contributed by atoms with van der Waals surface area (Å²) >= 11 is 0. The molecule has 0 aliphatic carbocycles. The molecule has 0 fully saturated rings. The molecule has 0 N–H and O–H groups in total. The van der Waals surface area contributed by atoms with Gasteiger partial charge in [0.1, 0.15) is 5.78 Å². The normalized spacial score (nSPS) is 13.2. The van der Waals surface area contributed by atoms with Gasteiger partial charge in [-0.05, 0) is 27.2 Å². The lowest BCUT2D eigenvalue weighted by molar-refractivity contribution is -0.176. The SMILES string of the molecule is CCOC(CC(C#N)(C(=O)OC)C(C#N)(C#N)CCC(C)=O)OCC. The Bertz CT molecular complexity index is 579. The Labute approximate surface area is 147 Å². The van der Waals surface area contributed by atoms with Gasteiger partial charge in [0.05, 0.1) is 25.3 Å². The largest absolute Gasteiger partial charge is 0.468 e. The Morgan fingerprint density at radius 2 is 1.56 bits per heavy atom. The fourth-order valence-corrected chi connectivity index (χ4v) is 2.49. The van der Waals surface area contributed by atoms with Crippen LogP contribution in [-0.4, -0.2) is 38.4 Å². The van der Waals surface area contributed by atoms with Crippen molar-refractivity contribution in [3.05, 3.63) is 0 Å². The molecule has 136 valence electrons. The number of ether oxygens (including phenoxy) is 3. The monoisotopic (exact) mass is 349 g/mol. The van der Waals surface area contributed by atoms with Gasteiger partial charge in [-0.2, -0.15) is 15.8 Å². The van der Waals surface area contributed by atoms with Crippen LogP contribution < -0.4 is 0 Å². The zero-order chi connectivity index (χ0) is 19.5. The lowest BCUT2D eigenvalue weighted by Crippen LogP contribution is -2.49. The number of nitriles is 3. The van der Waals surface area contributed by atoms with Gasteiger partial charge in [-0.3, -0.25) is 4.79 Å². The van der Waals surface area contributed by atoms with Crippen LogP contribution in [0.3, 0.4) is 0 Å². The molecule has 0 aromatic carbocycles. The molecule has 8 nitrogen and oxygen atoms in total. The average Bonchev–Trinajstić information content (AvgIpc) is 2.61. The summed E-state index contributed by atoms with van der Waals surface area (Å²) < 4.78 is 15.5. The van der Waals surface area contributed by atoms with Crippen LogP contribution in [0.5, 0.6) is 0 Å². The van der Waals surface area contributed by atoms with Crippen molar-refractivity contribution in [1.29, 1.82) is 15.8 Å². The lowest BCUT2D eigenvalue weighted by atomic mass is 9.61. The number of carbonyl (C=O) groups excluding carboxylic acids is 2. The van der Waals surface area contributed by atoms with Crippen LogP contribution >= 0.6 is 0 Å². The topological polar surface area (TPSA) is 133 Å². The summed E-state index contributed by atoms with van der Waals surface area (Å²) in [5, 5.41) is 29.1. The second-order valence-corrected chi connectivity index (χ2v) is 5.38. The van der Waals surface area contributed by atoms with Crippen LogP contribution in [-0.2, 0) is 23.8 Å². The molecule has 0 saturated heterocycles. The van der Waals surface area contributed by atoms with Crippen LogP contribution in [0.25, 0.3) is 0 Å². The fraction of sp³-hybridized carbons (Fsp3) is 0.706. The van der Waals surface area contributed by atoms with E-state index in [9.17, 15) is 25.4 Å².